The van der Waals surface area contributed by atoms with Gasteiger partial charge in [-0.15, -0.1) is 0 Å². The zero-order chi connectivity index (χ0) is 21.1. The van der Waals surface area contributed by atoms with Crippen molar-refractivity contribution >= 4 is 23.4 Å². The third kappa shape index (κ3) is 4.47. The maximum absolute atomic E-state index is 14.8. The predicted molar refractivity (Wildman–Crippen MR) is 103 cm³/mol. The molecule has 7 nitrogen and oxygen atoms in total. The Balaban J connectivity index is 1.71. The quantitative estimate of drug-likeness (QED) is 0.780. The molecule has 2 fully saturated rings. The summed E-state index contributed by atoms with van der Waals surface area (Å²) in [5, 5.41) is 11.5. The summed E-state index contributed by atoms with van der Waals surface area (Å²) in [5.74, 6) is -0.803. The molecule has 0 aliphatic carbocycles. The van der Waals surface area contributed by atoms with E-state index < -0.39 is 24.2 Å². The summed E-state index contributed by atoms with van der Waals surface area (Å²) >= 11 is 0. The number of benzene rings is 1. The minimum absolute atomic E-state index is 0.0326. The smallest absolute Gasteiger partial charge is 0.414 e. The van der Waals surface area contributed by atoms with Crippen molar-refractivity contribution in [3.63, 3.8) is 0 Å². The molecular weight excluding hydrogens is 382 g/mol. The van der Waals surface area contributed by atoms with E-state index >= 15 is 0 Å². The summed E-state index contributed by atoms with van der Waals surface area (Å²) in [6, 6.07) is 6.28. The van der Waals surface area contributed by atoms with E-state index in [1.54, 1.807) is 17.9 Å². The van der Waals surface area contributed by atoms with Crippen molar-refractivity contribution in [1.29, 1.82) is 5.26 Å². The highest BCUT2D eigenvalue weighted by molar-refractivity contribution is 5.90. The SMILES string of the molecule is CC(=O)NC[C@H]1CN(c2ccc(N3CC/C(=C(/C)C#N)C(F)C3)c(F)c2)C(=O)O1. The second-order valence-corrected chi connectivity index (χ2v) is 7.11. The van der Waals surface area contributed by atoms with Gasteiger partial charge in [-0.25, -0.2) is 13.6 Å². The molecule has 2 heterocycles. The number of hydrogen-bond donors (Lipinski definition) is 1. The number of hydrogen-bond acceptors (Lipinski definition) is 5. The molecule has 154 valence electrons. The normalized spacial score (nSPS) is 23.5. The molecule has 3 rings (SSSR count). The summed E-state index contributed by atoms with van der Waals surface area (Å²) in [6.45, 7) is 3.69. The Labute approximate surface area is 167 Å². The van der Waals surface area contributed by atoms with Crippen molar-refractivity contribution in [3.05, 3.63) is 35.2 Å². The van der Waals surface area contributed by atoms with Crippen LogP contribution in [0.15, 0.2) is 29.3 Å². The number of ether oxygens (including phenoxy) is 1. The zero-order valence-corrected chi connectivity index (χ0v) is 16.2. The van der Waals surface area contributed by atoms with E-state index in [4.69, 9.17) is 10.00 Å². The van der Waals surface area contributed by atoms with Gasteiger partial charge in [0.05, 0.1) is 37.1 Å². The molecule has 0 spiro atoms. The summed E-state index contributed by atoms with van der Waals surface area (Å²) < 4.78 is 34.4. The molecule has 2 saturated heterocycles. The highest BCUT2D eigenvalue weighted by atomic mass is 19.1. The van der Waals surface area contributed by atoms with Crippen LogP contribution in [0.2, 0.25) is 0 Å². The van der Waals surface area contributed by atoms with Crippen LogP contribution < -0.4 is 15.1 Å². The summed E-state index contributed by atoms with van der Waals surface area (Å²) in [4.78, 5) is 26.0. The van der Waals surface area contributed by atoms with Crippen molar-refractivity contribution in [2.45, 2.75) is 32.5 Å². The van der Waals surface area contributed by atoms with Crippen LogP contribution in [0.4, 0.5) is 25.0 Å². The van der Waals surface area contributed by atoms with Gasteiger partial charge in [-0.05, 0) is 37.1 Å². The van der Waals surface area contributed by atoms with E-state index in [-0.39, 0.29) is 31.2 Å². The molecule has 2 atom stereocenters. The third-order valence-corrected chi connectivity index (χ3v) is 5.10. The van der Waals surface area contributed by atoms with Crippen LogP contribution in [0.25, 0.3) is 0 Å². The van der Waals surface area contributed by atoms with E-state index in [1.807, 2.05) is 6.07 Å². The molecule has 1 aromatic rings. The van der Waals surface area contributed by atoms with Crippen LogP contribution in [0.5, 0.6) is 0 Å². The fourth-order valence-electron chi connectivity index (χ4n) is 3.54. The maximum atomic E-state index is 14.8. The Hall–Kier alpha value is -3.15. The molecule has 29 heavy (non-hydrogen) atoms. The minimum atomic E-state index is -1.33. The average molecular weight is 404 g/mol. The number of carbonyl (C=O) groups is 2. The molecule has 1 aromatic carbocycles. The van der Waals surface area contributed by atoms with Gasteiger partial charge in [-0.1, -0.05) is 0 Å². The summed E-state index contributed by atoms with van der Waals surface area (Å²) in [5.41, 5.74) is 1.41. The number of alkyl halides is 1. The van der Waals surface area contributed by atoms with Crippen LogP contribution in [0.1, 0.15) is 20.3 Å². The summed E-state index contributed by atoms with van der Waals surface area (Å²) in [7, 11) is 0. The van der Waals surface area contributed by atoms with Gasteiger partial charge in [-0.3, -0.25) is 9.69 Å². The van der Waals surface area contributed by atoms with Gasteiger partial charge in [0.25, 0.3) is 0 Å². The first-order chi connectivity index (χ1) is 13.8. The Morgan fingerprint density at radius 1 is 1.38 bits per heavy atom. The van der Waals surface area contributed by atoms with E-state index in [0.717, 1.165) is 0 Å². The second kappa shape index (κ2) is 8.47. The number of nitriles is 1. The van der Waals surface area contributed by atoms with Crippen LogP contribution in [-0.2, 0) is 9.53 Å². The van der Waals surface area contributed by atoms with Crippen LogP contribution in [-0.4, -0.2) is 50.5 Å². The Morgan fingerprint density at radius 3 is 2.76 bits per heavy atom. The number of nitrogens with one attached hydrogen (secondary N) is 1. The third-order valence-electron chi connectivity index (χ3n) is 5.10. The molecule has 1 unspecified atom stereocenters. The number of cyclic esters (lactones) is 1. The Morgan fingerprint density at radius 2 is 2.14 bits per heavy atom. The minimum Gasteiger partial charge on any atom is -0.442 e. The van der Waals surface area contributed by atoms with E-state index in [2.05, 4.69) is 5.32 Å². The first-order valence-electron chi connectivity index (χ1n) is 9.31. The Bertz CT molecular complexity index is 896. The maximum Gasteiger partial charge on any atom is 0.414 e. The topological polar surface area (TPSA) is 85.7 Å². The lowest BCUT2D eigenvalue weighted by Crippen LogP contribution is -2.39. The number of piperidine rings is 1. The summed E-state index contributed by atoms with van der Waals surface area (Å²) in [6.07, 6.45) is -2.11. The fourth-order valence-corrected chi connectivity index (χ4v) is 3.54. The van der Waals surface area contributed by atoms with Gasteiger partial charge in [-0.2, -0.15) is 5.26 Å². The fraction of sp³-hybridized carbons (Fsp3) is 0.450. The molecule has 0 bridgehead atoms. The van der Waals surface area contributed by atoms with Gasteiger partial charge >= 0.3 is 6.09 Å². The first-order valence-corrected chi connectivity index (χ1v) is 9.31. The van der Waals surface area contributed by atoms with Crippen molar-refractivity contribution in [2.24, 2.45) is 0 Å². The van der Waals surface area contributed by atoms with Crippen LogP contribution in [0, 0.1) is 17.1 Å². The molecule has 0 radical (unpaired) electrons. The highest BCUT2D eigenvalue weighted by Gasteiger charge is 2.33. The van der Waals surface area contributed by atoms with E-state index in [0.29, 0.717) is 29.8 Å². The molecule has 2 aliphatic rings. The Kier molecular flexibility index (Phi) is 6.01. The standard InChI is InChI=1S/C20H22F2N4O3/c1-12(8-23)16-5-6-25(11-18(16)22)19-4-3-14(7-17(19)21)26-10-15(29-20(26)28)9-24-13(2)27/h3-4,7,15,18H,5-6,9-11H2,1-2H3,(H,24,27)/b16-12+/t15-,18?/m0/s1. The lowest BCUT2D eigenvalue weighted by atomic mass is 9.97. The molecule has 2 amide bonds. The van der Waals surface area contributed by atoms with E-state index in [9.17, 15) is 18.4 Å². The van der Waals surface area contributed by atoms with Gasteiger partial charge in [0.2, 0.25) is 5.91 Å². The van der Waals surface area contributed by atoms with Crippen LogP contribution >= 0.6 is 0 Å². The van der Waals surface area contributed by atoms with Crippen molar-refractivity contribution < 1.29 is 23.1 Å². The number of carbonyl (C=O) groups excluding carboxylic acids is 2. The molecule has 2 aliphatic heterocycles. The monoisotopic (exact) mass is 404 g/mol. The van der Waals surface area contributed by atoms with Crippen molar-refractivity contribution in [3.8, 4) is 6.07 Å². The van der Waals surface area contributed by atoms with Gasteiger partial charge in [0.15, 0.2) is 0 Å². The predicted octanol–water partition coefficient (Wildman–Crippen LogP) is 2.68. The zero-order valence-electron chi connectivity index (χ0n) is 16.2. The lowest BCUT2D eigenvalue weighted by Gasteiger charge is -2.33. The molecular formula is C20H22F2N4O3. The molecule has 1 N–H and O–H groups in total. The first kappa shape index (κ1) is 20.6. The number of allylic oxidation sites excluding steroid dienone is 1. The van der Waals surface area contributed by atoms with Crippen LogP contribution in [0.3, 0.4) is 0 Å². The number of anilines is 2. The van der Waals surface area contributed by atoms with Crippen molar-refractivity contribution in [2.75, 3.05) is 36.0 Å². The largest absolute Gasteiger partial charge is 0.442 e. The molecule has 0 aromatic heterocycles. The second-order valence-electron chi connectivity index (χ2n) is 7.11. The number of halogens is 2. The van der Waals surface area contributed by atoms with Gasteiger partial charge < -0.3 is 15.0 Å². The van der Waals surface area contributed by atoms with Crippen molar-refractivity contribution in [1.82, 2.24) is 5.32 Å². The van der Waals surface area contributed by atoms with Gasteiger partial charge in [0, 0.05) is 19.0 Å². The number of amides is 2. The highest BCUT2D eigenvalue weighted by Crippen LogP contribution is 2.31. The lowest BCUT2D eigenvalue weighted by molar-refractivity contribution is -0.119. The average Bonchev–Trinajstić information content (AvgIpc) is 3.06. The molecule has 0 saturated carbocycles. The van der Waals surface area contributed by atoms with E-state index in [1.165, 1.54) is 24.0 Å². The molecule has 9 heteroatoms. The van der Waals surface area contributed by atoms with Gasteiger partial charge in [0.1, 0.15) is 18.1 Å². The number of rotatable bonds is 4. The number of nitrogens with zero attached hydrogens (tertiary/aromatic N) is 3.